The van der Waals surface area contributed by atoms with Crippen LogP contribution in [-0.2, 0) is 13.5 Å². The van der Waals surface area contributed by atoms with Gasteiger partial charge in [0.15, 0.2) is 5.15 Å². The van der Waals surface area contributed by atoms with E-state index in [1.165, 1.54) is 0 Å². The third kappa shape index (κ3) is 3.35. The molecule has 4 nitrogen and oxygen atoms in total. The quantitative estimate of drug-likeness (QED) is 0.654. The standard InChI is InChI=1S/C18H15Cl2N3O/c1-11-9-15(10-14-7-8-16(20)22-21-14)23(2)17(11)18(24)12-3-5-13(19)6-4-12/h3-9H,10H2,1-2H3. The van der Waals surface area contributed by atoms with Crippen LogP contribution < -0.4 is 0 Å². The first kappa shape index (κ1) is 16.7. The molecule has 0 saturated heterocycles. The summed E-state index contributed by atoms with van der Waals surface area (Å²) < 4.78 is 1.91. The number of carbonyl (C=O) groups is 1. The first-order valence-electron chi connectivity index (χ1n) is 7.39. The Kier molecular flexibility index (Phi) is 4.69. The van der Waals surface area contributed by atoms with Crippen molar-refractivity contribution >= 4 is 29.0 Å². The average molecular weight is 360 g/mol. The summed E-state index contributed by atoms with van der Waals surface area (Å²) in [6.45, 7) is 1.93. The molecule has 0 unspecified atom stereocenters. The summed E-state index contributed by atoms with van der Waals surface area (Å²) in [6, 6.07) is 12.5. The fourth-order valence-electron chi connectivity index (χ4n) is 2.69. The lowest BCUT2D eigenvalue weighted by Crippen LogP contribution is -2.11. The third-order valence-corrected chi connectivity index (χ3v) is 4.35. The van der Waals surface area contributed by atoms with Crippen molar-refractivity contribution in [2.45, 2.75) is 13.3 Å². The molecule has 0 N–H and O–H groups in total. The first-order valence-corrected chi connectivity index (χ1v) is 8.15. The van der Waals surface area contributed by atoms with Crippen LogP contribution in [0.5, 0.6) is 0 Å². The van der Waals surface area contributed by atoms with Gasteiger partial charge in [0, 0.05) is 29.7 Å². The molecule has 3 rings (SSSR count). The molecule has 3 aromatic rings. The van der Waals surface area contributed by atoms with E-state index in [-0.39, 0.29) is 5.78 Å². The van der Waals surface area contributed by atoms with Crippen LogP contribution in [0, 0.1) is 6.92 Å². The van der Waals surface area contributed by atoms with Crippen LogP contribution in [0.25, 0.3) is 0 Å². The predicted molar refractivity (Wildman–Crippen MR) is 94.9 cm³/mol. The summed E-state index contributed by atoms with van der Waals surface area (Å²) in [5.74, 6) is -0.0277. The van der Waals surface area contributed by atoms with E-state index in [1.54, 1.807) is 30.3 Å². The van der Waals surface area contributed by atoms with Gasteiger partial charge in [0.25, 0.3) is 0 Å². The number of aromatic nitrogens is 3. The van der Waals surface area contributed by atoms with Crippen LogP contribution >= 0.6 is 23.2 Å². The molecular weight excluding hydrogens is 345 g/mol. The number of ketones is 1. The fraction of sp³-hybridized carbons (Fsp3) is 0.167. The van der Waals surface area contributed by atoms with Gasteiger partial charge in [0.2, 0.25) is 5.78 Å². The van der Waals surface area contributed by atoms with Crippen molar-refractivity contribution in [2.75, 3.05) is 0 Å². The Morgan fingerprint density at radius 1 is 1.08 bits per heavy atom. The predicted octanol–water partition coefficient (Wildman–Crippen LogP) is 4.25. The first-order chi connectivity index (χ1) is 11.5. The number of halogens is 2. The summed E-state index contributed by atoms with van der Waals surface area (Å²) in [7, 11) is 1.88. The van der Waals surface area contributed by atoms with E-state index in [4.69, 9.17) is 23.2 Å². The van der Waals surface area contributed by atoms with E-state index >= 15 is 0 Å². The molecule has 0 fully saturated rings. The Bertz CT molecular complexity index is 884. The Hall–Kier alpha value is -2.17. The second-order valence-corrected chi connectivity index (χ2v) is 6.41. The van der Waals surface area contributed by atoms with Gasteiger partial charge in [0.05, 0.1) is 11.4 Å². The summed E-state index contributed by atoms with van der Waals surface area (Å²) >= 11 is 11.7. The maximum atomic E-state index is 12.8. The highest BCUT2D eigenvalue weighted by Gasteiger charge is 2.18. The molecule has 122 valence electrons. The molecule has 0 amide bonds. The highest BCUT2D eigenvalue weighted by Crippen LogP contribution is 2.21. The third-order valence-electron chi connectivity index (χ3n) is 3.89. The molecule has 2 aromatic heterocycles. The maximum absolute atomic E-state index is 12.8. The average Bonchev–Trinajstić information content (AvgIpc) is 2.83. The molecule has 0 aliphatic rings. The van der Waals surface area contributed by atoms with E-state index in [2.05, 4.69) is 10.2 Å². The summed E-state index contributed by atoms with van der Waals surface area (Å²) in [4.78, 5) is 12.8. The van der Waals surface area contributed by atoms with E-state index in [0.29, 0.717) is 27.9 Å². The van der Waals surface area contributed by atoms with E-state index in [1.807, 2.05) is 30.7 Å². The number of carbonyl (C=O) groups excluding carboxylic acids is 1. The summed E-state index contributed by atoms with van der Waals surface area (Å²) in [5, 5.41) is 8.89. The summed E-state index contributed by atoms with van der Waals surface area (Å²) in [5.41, 5.74) is 3.98. The van der Waals surface area contributed by atoms with Gasteiger partial charge in [-0.05, 0) is 55.0 Å². The number of rotatable bonds is 4. The van der Waals surface area contributed by atoms with Gasteiger partial charge in [-0.2, -0.15) is 5.10 Å². The zero-order chi connectivity index (χ0) is 17.3. The maximum Gasteiger partial charge on any atom is 0.209 e. The molecule has 0 atom stereocenters. The second kappa shape index (κ2) is 6.75. The molecule has 0 aliphatic carbocycles. The minimum absolute atomic E-state index is 0.0277. The molecule has 1 aromatic carbocycles. The Morgan fingerprint density at radius 2 is 1.79 bits per heavy atom. The highest BCUT2D eigenvalue weighted by atomic mass is 35.5. The highest BCUT2D eigenvalue weighted by molar-refractivity contribution is 6.30. The minimum Gasteiger partial charge on any atom is -0.344 e. The van der Waals surface area contributed by atoms with Crippen LogP contribution in [0.4, 0.5) is 0 Å². The zero-order valence-corrected chi connectivity index (χ0v) is 14.8. The summed E-state index contributed by atoms with van der Waals surface area (Å²) in [6.07, 6.45) is 0.579. The van der Waals surface area contributed by atoms with Gasteiger partial charge >= 0.3 is 0 Å². The normalized spacial score (nSPS) is 10.8. The van der Waals surface area contributed by atoms with Crippen molar-refractivity contribution in [1.29, 1.82) is 0 Å². The largest absolute Gasteiger partial charge is 0.344 e. The molecule has 0 bridgehead atoms. The lowest BCUT2D eigenvalue weighted by atomic mass is 10.1. The van der Waals surface area contributed by atoms with Crippen molar-refractivity contribution in [3.05, 3.63) is 80.8 Å². The Morgan fingerprint density at radius 3 is 2.42 bits per heavy atom. The number of hydrogen-bond donors (Lipinski definition) is 0. The van der Waals surface area contributed by atoms with Crippen molar-refractivity contribution in [2.24, 2.45) is 7.05 Å². The topological polar surface area (TPSA) is 47.8 Å². The van der Waals surface area contributed by atoms with Crippen LogP contribution in [0.3, 0.4) is 0 Å². The molecule has 0 radical (unpaired) electrons. The van der Waals surface area contributed by atoms with E-state index in [0.717, 1.165) is 17.0 Å². The lowest BCUT2D eigenvalue weighted by molar-refractivity contribution is 0.103. The monoisotopic (exact) mass is 359 g/mol. The molecular formula is C18H15Cl2N3O. The Labute approximate surface area is 150 Å². The van der Waals surface area contributed by atoms with Gasteiger partial charge in [-0.25, -0.2) is 0 Å². The Balaban J connectivity index is 1.92. The van der Waals surface area contributed by atoms with Crippen molar-refractivity contribution < 1.29 is 4.79 Å². The molecule has 0 saturated carbocycles. The van der Waals surface area contributed by atoms with Gasteiger partial charge in [-0.15, -0.1) is 5.10 Å². The number of benzene rings is 1. The molecule has 24 heavy (non-hydrogen) atoms. The molecule has 2 heterocycles. The van der Waals surface area contributed by atoms with Gasteiger partial charge < -0.3 is 4.57 Å². The number of nitrogens with zero attached hydrogens (tertiary/aromatic N) is 3. The smallest absolute Gasteiger partial charge is 0.209 e. The van der Waals surface area contributed by atoms with Gasteiger partial charge in [-0.1, -0.05) is 23.2 Å². The lowest BCUT2D eigenvalue weighted by Gasteiger charge is -2.08. The van der Waals surface area contributed by atoms with Gasteiger partial charge in [-0.3, -0.25) is 4.79 Å². The van der Waals surface area contributed by atoms with Crippen molar-refractivity contribution in [3.8, 4) is 0 Å². The fourth-order valence-corrected chi connectivity index (χ4v) is 2.91. The molecule has 0 aliphatic heterocycles. The minimum atomic E-state index is -0.0277. The van der Waals surface area contributed by atoms with E-state index in [9.17, 15) is 4.79 Å². The number of hydrogen-bond acceptors (Lipinski definition) is 3. The second-order valence-electron chi connectivity index (χ2n) is 5.59. The molecule has 0 spiro atoms. The van der Waals surface area contributed by atoms with Crippen LogP contribution in [0.15, 0.2) is 42.5 Å². The van der Waals surface area contributed by atoms with E-state index < -0.39 is 0 Å². The SMILES string of the molecule is Cc1cc(Cc2ccc(Cl)nn2)n(C)c1C(=O)c1ccc(Cl)cc1. The van der Waals surface area contributed by atoms with Crippen molar-refractivity contribution in [3.63, 3.8) is 0 Å². The number of aryl methyl sites for hydroxylation is 1. The van der Waals surface area contributed by atoms with Crippen molar-refractivity contribution in [1.82, 2.24) is 14.8 Å². The van der Waals surface area contributed by atoms with Crippen LogP contribution in [-0.4, -0.2) is 20.5 Å². The molecule has 6 heteroatoms. The van der Waals surface area contributed by atoms with Gasteiger partial charge in [0.1, 0.15) is 0 Å². The van der Waals surface area contributed by atoms with Crippen LogP contribution in [0.2, 0.25) is 10.2 Å². The zero-order valence-electron chi connectivity index (χ0n) is 13.3. The van der Waals surface area contributed by atoms with Crippen LogP contribution in [0.1, 0.15) is 33.0 Å².